The molecule has 1 aromatic carbocycles. The minimum atomic E-state index is -2.90. The molecule has 2 aromatic rings. The maximum absolute atomic E-state index is 12.4. The van der Waals surface area contributed by atoms with Gasteiger partial charge in [-0.25, -0.2) is 9.78 Å². The van der Waals surface area contributed by atoms with Crippen LogP contribution in [0.3, 0.4) is 0 Å². The van der Waals surface area contributed by atoms with Crippen LogP contribution in [0.2, 0.25) is 0 Å². The van der Waals surface area contributed by atoms with E-state index in [2.05, 4.69) is 25.3 Å². The van der Waals surface area contributed by atoms with Crippen LogP contribution < -0.4 is 20.3 Å². The lowest BCUT2D eigenvalue weighted by Gasteiger charge is -2.35. The summed E-state index contributed by atoms with van der Waals surface area (Å²) in [5.41, 5.74) is 0.422. The Labute approximate surface area is 172 Å². The highest BCUT2D eigenvalue weighted by atomic mass is 19.3. The Morgan fingerprint density at radius 2 is 1.80 bits per heavy atom. The van der Waals surface area contributed by atoms with Crippen LogP contribution in [0.5, 0.6) is 5.75 Å². The number of anilines is 2. The Kier molecular flexibility index (Phi) is 7.36. The van der Waals surface area contributed by atoms with Gasteiger partial charge in [-0.3, -0.25) is 4.79 Å². The van der Waals surface area contributed by atoms with E-state index in [0.717, 1.165) is 5.82 Å². The van der Waals surface area contributed by atoms with Crippen LogP contribution in [0.4, 0.5) is 25.1 Å². The quantitative estimate of drug-likeness (QED) is 0.720. The second-order valence-corrected chi connectivity index (χ2v) is 6.59. The summed E-state index contributed by atoms with van der Waals surface area (Å²) in [7, 11) is 0. The Balaban J connectivity index is 1.35. The number of rotatable bonds is 7. The molecule has 0 bridgehead atoms. The number of ether oxygens (including phenoxy) is 1. The van der Waals surface area contributed by atoms with Gasteiger partial charge >= 0.3 is 12.6 Å². The molecule has 0 unspecified atom stereocenters. The second-order valence-electron chi connectivity index (χ2n) is 6.59. The first-order valence-electron chi connectivity index (χ1n) is 9.55. The van der Waals surface area contributed by atoms with E-state index in [4.69, 9.17) is 0 Å². The van der Waals surface area contributed by atoms with Gasteiger partial charge in [-0.05, 0) is 36.4 Å². The van der Waals surface area contributed by atoms with Crippen molar-refractivity contribution in [2.45, 2.75) is 13.0 Å². The molecular weight excluding hydrogens is 396 g/mol. The molecule has 0 atom stereocenters. The Morgan fingerprint density at radius 1 is 1.07 bits per heavy atom. The zero-order valence-corrected chi connectivity index (χ0v) is 16.3. The lowest BCUT2D eigenvalue weighted by molar-refractivity contribution is -0.131. The van der Waals surface area contributed by atoms with Crippen LogP contribution in [0.25, 0.3) is 0 Å². The number of urea groups is 1. The van der Waals surface area contributed by atoms with E-state index >= 15 is 0 Å². The molecule has 2 heterocycles. The monoisotopic (exact) mass is 419 g/mol. The molecule has 8 nitrogen and oxygen atoms in total. The van der Waals surface area contributed by atoms with Crippen molar-refractivity contribution in [3.8, 4) is 5.75 Å². The smallest absolute Gasteiger partial charge is 0.387 e. The number of aromatic nitrogens is 1. The molecule has 1 aromatic heterocycles. The third-order valence-electron chi connectivity index (χ3n) is 4.57. The molecule has 1 fully saturated rings. The number of piperazine rings is 1. The molecule has 1 saturated heterocycles. The van der Waals surface area contributed by atoms with Gasteiger partial charge in [0, 0.05) is 51.0 Å². The van der Waals surface area contributed by atoms with Gasteiger partial charge in [0.2, 0.25) is 5.91 Å². The summed E-state index contributed by atoms with van der Waals surface area (Å²) in [4.78, 5) is 32.5. The van der Waals surface area contributed by atoms with Crippen molar-refractivity contribution < 1.29 is 23.1 Å². The Hall–Kier alpha value is -3.43. The first-order chi connectivity index (χ1) is 14.5. The SMILES string of the molecule is O=C(NCCC(=O)N1CCN(c2ccccn2)CC1)Nc1ccc(OC(F)F)cc1. The lowest BCUT2D eigenvalue weighted by atomic mass is 10.2. The van der Waals surface area contributed by atoms with Crippen LogP contribution in [0.15, 0.2) is 48.7 Å². The van der Waals surface area contributed by atoms with Crippen molar-refractivity contribution in [3.05, 3.63) is 48.7 Å². The summed E-state index contributed by atoms with van der Waals surface area (Å²) in [6.07, 6.45) is 1.94. The van der Waals surface area contributed by atoms with Crippen molar-refractivity contribution in [1.29, 1.82) is 0 Å². The zero-order chi connectivity index (χ0) is 21.3. The highest BCUT2D eigenvalue weighted by Gasteiger charge is 2.21. The highest BCUT2D eigenvalue weighted by molar-refractivity contribution is 5.89. The summed E-state index contributed by atoms with van der Waals surface area (Å²) >= 11 is 0. The molecule has 0 saturated carbocycles. The highest BCUT2D eigenvalue weighted by Crippen LogP contribution is 2.17. The van der Waals surface area contributed by atoms with E-state index in [-0.39, 0.29) is 24.6 Å². The van der Waals surface area contributed by atoms with E-state index in [9.17, 15) is 18.4 Å². The zero-order valence-electron chi connectivity index (χ0n) is 16.3. The lowest BCUT2D eigenvalue weighted by Crippen LogP contribution is -2.49. The molecule has 3 rings (SSSR count). The summed E-state index contributed by atoms with van der Waals surface area (Å²) in [6, 6.07) is 10.8. The van der Waals surface area contributed by atoms with Crippen LogP contribution in [-0.4, -0.2) is 61.2 Å². The van der Waals surface area contributed by atoms with Gasteiger partial charge in [-0.2, -0.15) is 8.78 Å². The standard InChI is InChI=1S/C20H23F2N5O3/c21-19(22)30-16-6-4-15(5-7-16)25-20(29)24-10-8-18(28)27-13-11-26(12-14-27)17-3-1-2-9-23-17/h1-7,9,19H,8,10-14H2,(H2,24,25,29). The van der Waals surface area contributed by atoms with Gasteiger partial charge < -0.3 is 25.2 Å². The van der Waals surface area contributed by atoms with E-state index in [1.165, 1.54) is 24.3 Å². The third kappa shape index (κ3) is 6.29. The van der Waals surface area contributed by atoms with Crippen molar-refractivity contribution in [3.63, 3.8) is 0 Å². The number of halogens is 2. The van der Waals surface area contributed by atoms with Gasteiger partial charge in [0.05, 0.1) is 0 Å². The molecular formula is C20H23F2N5O3. The molecule has 1 aliphatic rings. The fourth-order valence-corrected chi connectivity index (χ4v) is 3.06. The van der Waals surface area contributed by atoms with E-state index in [0.29, 0.717) is 31.9 Å². The minimum absolute atomic E-state index is 0.00435. The van der Waals surface area contributed by atoms with E-state index in [1.54, 1.807) is 11.1 Å². The molecule has 1 aliphatic heterocycles. The number of pyridine rings is 1. The molecule has 0 aliphatic carbocycles. The normalized spacial score (nSPS) is 13.8. The number of hydrogen-bond donors (Lipinski definition) is 2. The Morgan fingerprint density at radius 3 is 2.43 bits per heavy atom. The molecule has 3 amide bonds. The number of hydrogen-bond acceptors (Lipinski definition) is 5. The maximum Gasteiger partial charge on any atom is 0.387 e. The fourth-order valence-electron chi connectivity index (χ4n) is 3.06. The summed E-state index contributed by atoms with van der Waals surface area (Å²) in [5, 5.41) is 5.18. The fraction of sp³-hybridized carbons (Fsp3) is 0.350. The van der Waals surface area contributed by atoms with Gasteiger partial charge in [0.15, 0.2) is 0 Å². The van der Waals surface area contributed by atoms with Gasteiger partial charge in [0.25, 0.3) is 0 Å². The number of benzene rings is 1. The summed E-state index contributed by atoms with van der Waals surface area (Å²) in [5.74, 6) is 0.880. The van der Waals surface area contributed by atoms with Gasteiger partial charge in [0.1, 0.15) is 11.6 Å². The molecule has 30 heavy (non-hydrogen) atoms. The molecule has 160 valence electrons. The second kappa shape index (κ2) is 10.4. The minimum Gasteiger partial charge on any atom is -0.435 e. The average Bonchev–Trinajstić information content (AvgIpc) is 2.75. The first-order valence-corrected chi connectivity index (χ1v) is 9.55. The number of carbonyl (C=O) groups excluding carboxylic acids is 2. The predicted molar refractivity (Wildman–Crippen MR) is 108 cm³/mol. The summed E-state index contributed by atoms with van der Waals surface area (Å²) < 4.78 is 28.5. The number of alkyl halides is 2. The van der Waals surface area contributed by atoms with E-state index < -0.39 is 12.6 Å². The average molecular weight is 419 g/mol. The largest absolute Gasteiger partial charge is 0.435 e. The number of nitrogens with one attached hydrogen (secondary N) is 2. The molecule has 0 radical (unpaired) electrons. The number of amides is 3. The molecule has 10 heteroatoms. The summed E-state index contributed by atoms with van der Waals surface area (Å²) in [6.45, 7) is -0.0761. The van der Waals surface area contributed by atoms with E-state index in [1.807, 2.05) is 18.2 Å². The molecule has 0 spiro atoms. The number of nitrogens with zero attached hydrogens (tertiary/aromatic N) is 3. The predicted octanol–water partition coefficient (Wildman–Crippen LogP) is 2.54. The van der Waals surface area contributed by atoms with Gasteiger partial charge in [-0.1, -0.05) is 6.07 Å². The van der Waals surface area contributed by atoms with Crippen LogP contribution in [0.1, 0.15) is 6.42 Å². The van der Waals surface area contributed by atoms with Crippen molar-refractivity contribution >= 4 is 23.4 Å². The van der Waals surface area contributed by atoms with Gasteiger partial charge in [-0.15, -0.1) is 0 Å². The third-order valence-corrected chi connectivity index (χ3v) is 4.57. The molecule has 2 N–H and O–H groups in total. The van der Waals surface area contributed by atoms with Crippen molar-refractivity contribution in [2.75, 3.05) is 42.9 Å². The van der Waals surface area contributed by atoms with Crippen LogP contribution in [-0.2, 0) is 4.79 Å². The van der Waals surface area contributed by atoms with Crippen LogP contribution in [0, 0.1) is 0 Å². The number of carbonyl (C=O) groups is 2. The Bertz CT molecular complexity index is 828. The van der Waals surface area contributed by atoms with Crippen LogP contribution >= 0.6 is 0 Å². The maximum atomic E-state index is 12.4. The topological polar surface area (TPSA) is 86.8 Å². The van der Waals surface area contributed by atoms with Crippen molar-refractivity contribution in [1.82, 2.24) is 15.2 Å². The first kappa shape index (κ1) is 21.3. The van der Waals surface area contributed by atoms with Crippen molar-refractivity contribution in [2.24, 2.45) is 0 Å².